The average Bonchev–Trinajstić information content (AvgIpc) is 2.30. The standard InChI is InChI=1S/C12H19N3O2S/c1-10-9-18(16,17)6-5-15(10)12-3-4-14-8-11(12)7-13-2/h3-4,8,10,13H,5-7,9H2,1-2H3. The van der Waals surface area contributed by atoms with Gasteiger partial charge in [-0.3, -0.25) is 4.98 Å². The number of hydrogen-bond donors (Lipinski definition) is 1. The van der Waals surface area contributed by atoms with Crippen LogP contribution in [0.4, 0.5) is 5.69 Å². The van der Waals surface area contributed by atoms with E-state index in [9.17, 15) is 8.42 Å². The maximum absolute atomic E-state index is 11.6. The number of rotatable bonds is 3. The first-order valence-corrected chi connectivity index (χ1v) is 7.90. The molecule has 2 heterocycles. The van der Waals surface area contributed by atoms with Gasteiger partial charge in [0.15, 0.2) is 9.84 Å². The Balaban J connectivity index is 2.27. The van der Waals surface area contributed by atoms with Crippen molar-refractivity contribution in [2.45, 2.75) is 19.5 Å². The van der Waals surface area contributed by atoms with Crippen LogP contribution < -0.4 is 10.2 Å². The number of hydrogen-bond acceptors (Lipinski definition) is 5. The predicted molar refractivity (Wildman–Crippen MR) is 72.5 cm³/mol. The third-order valence-electron chi connectivity index (χ3n) is 3.22. The highest BCUT2D eigenvalue weighted by molar-refractivity contribution is 7.91. The molecule has 1 unspecified atom stereocenters. The van der Waals surface area contributed by atoms with Crippen molar-refractivity contribution in [1.82, 2.24) is 10.3 Å². The molecule has 0 bridgehead atoms. The first kappa shape index (κ1) is 13.3. The van der Waals surface area contributed by atoms with Gasteiger partial charge in [-0.25, -0.2) is 8.42 Å². The van der Waals surface area contributed by atoms with Crippen LogP contribution >= 0.6 is 0 Å². The van der Waals surface area contributed by atoms with E-state index >= 15 is 0 Å². The van der Waals surface area contributed by atoms with Gasteiger partial charge in [-0.05, 0) is 20.0 Å². The Labute approximate surface area is 108 Å². The van der Waals surface area contributed by atoms with Gasteiger partial charge < -0.3 is 10.2 Å². The van der Waals surface area contributed by atoms with Gasteiger partial charge in [-0.2, -0.15) is 0 Å². The smallest absolute Gasteiger partial charge is 0.154 e. The van der Waals surface area contributed by atoms with Crippen molar-refractivity contribution in [2.24, 2.45) is 0 Å². The quantitative estimate of drug-likeness (QED) is 0.862. The van der Waals surface area contributed by atoms with Crippen molar-refractivity contribution in [3.63, 3.8) is 0 Å². The number of nitrogens with one attached hydrogen (secondary N) is 1. The Morgan fingerprint density at radius 3 is 3.00 bits per heavy atom. The fourth-order valence-corrected chi connectivity index (χ4v) is 3.94. The zero-order chi connectivity index (χ0) is 13.2. The van der Waals surface area contributed by atoms with Gasteiger partial charge in [0.1, 0.15) is 0 Å². The van der Waals surface area contributed by atoms with E-state index in [2.05, 4.69) is 15.2 Å². The molecule has 1 aliphatic rings. The van der Waals surface area contributed by atoms with Crippen molar-refractivity contribution in [1.29, 1.82) is 0 Å². The fraction of sp³-hybridized carbons (Fsp3) is 0.583. The Morgan fingerprint density at radius 2 is 2.33 bits per heavy atom. The summed E-state index contributed by atoms with van der Waals surface area (Å²) in [6, 6.07) is 1.97. The topological polar surface area (TPSA) is 62.3 Å². The molecule has 100 valence electrons. The van der Waals surface area contributed by atoms with Crippen molar-refractivity contribution in [3.05, 3.63) is 24.0 Å². The zero-order valence-corrected chi connectivity index (χ0v) is 11.6. The van der Waals surface area contributed by atoms with E-state index in [1.165, 1.54) is 0 Å². The molecule has 1 fully saturated rings. The minimum Gasteiger partial charge on any atom is -0.366 e. The first-order valence-electron chi connectivity index (χ1n) is 6.08. The van der Waals surface area contributed by atoms with Crippen molar-refractivity contribution >= 4 is 15.5 Å². The third-order valence-corrected chi connectivity index (χ3v) is 5.02. The van der Waals surface area contributed by atoms with E-state index in [4.69, 9.17) is 0 Å². The van der Waals surface area contributed by atoms with Gasteiger partial charge >= 0.3 is 0 Å². The lowest BCUT2D eigenvalue weighted by Gasteiger charge is -2.36. The molecule has 2 rings (SSSR count). The maximum atomic E-state index is 11.6. The Morgan fingerprint density at radius 1 is 1.56 bits per heavy atom. The van der Waals surface area contributed by atoms with E-state index in [0.717, 1.165) is 17.8 Å². The lowest BCUT2D eigenvalue weighted by Crippen LogP contribution is -2.47. The van der Waals surface area contributed by atoms with Crippen LogP contribution in [-0.2, 0) is 16.4 Å². The van der Waals surface area contributed by atoms with Crippen LogP contribution in [0.15, 0.2) is 18.5 Å². The summed E-state index contributed by atoms with van der Waals surface area (Å²) in [7, 11) is -0.981. The molecule has 6 heteroatoms. The van der Waals surface area contributed by atoms with Crippen LogP contribution in [-0.4, -0.2) is 44.5 Å². The average molecular weight is 269 g/mol. The largest absolute Gasteiger partial charge is 0.366 e. The normalized spacial score (nSPS) is 23.0. The Kier molecular flexibility index (Phi) is 3.87. The van der Waals surface area contributed by atoms with Crippen molar-refractivity contribution in [2.75, 3.05) is 30.0 Å². The fourth-order valence-electron chi connectivity index (χ4n) is 2.38. The lowest BCUT2D eigenvalue weighted by molar-refractivity contribution is 0.567. The maximum Gasteiger partial charge on any atom is 0.154 e. The van der Waals surface area contributed by atoms with E-state index in [1.54, 1.807) is 6.20 Å². The third kappa shape index (κ3) is 2.81. The molecule has 5 nitrogen and oxygen atoms in total. The SMILES string of the molecule is CNCc1cnccc1N1CCS(=O)(=O)CC1C. The summed E-state index contributed by atoms with van der Waals surface area (Å²) < 4.78 is 23.2. The monoisotopic (exact) mass is 269 g/mol. The zero-order valence-electron chi connectivity index (χ0n) is 10.8. The van der Waals surface area contributed by atoms with Crippen LogP contribution in [0, 0.1) is 0 Å². The van der Waals surface area contributed by atoms with Crippen LogP contribution in [0.1, 0.15) is 12.5 Å². The molecule has 1 N–H and O–H groups in total. The van der Waals surface area contributed by atoms with E-state index in [-0.39, 0.29) is 17.5 Å². The highest BCUT2D eigenvalue weighted by atomic mass is 32.2. The number of aromatic nitrogens is 1. The molecule has 0 amide bonds. The van der Waals surface area contributed by atoms with Gasteiger partial charge in [0.2, 0.25) is 0 Å². The van der Waals surface area contributed by atoms with Gasteiger partial charge in [0, 0.05) is 42.8 Å². The van der Waals surface area contributed by atoms with E-state index in [0.29, 0.717) is 6.54 Å². The van der Waals surface area contributed by atoms with Gasteiger partial charge in [-0.1, -0.05) is 0 Å². The van der Waals surface area contributed by atoms with Crippen LogP contribution in [0.3, 0.4) is 0 Å². The van der Waals surface area contributed by atoms with E-state index in [1.807, 2.05) is 26.2 Å². The summed E-state index contributed by atoms with van der Waals surface area (Å²) in [5, 5.41) is 3.11. The molecule has 1 aliphatic heterocycles. The molecule has 1 atom stereocenters. The highest BCUT2D eigenvalue weighted by Crippen LogP contribution is 2.24. The molecule has 0 spiro atoms. The van der Waals surface area contributed by atoms with Gasteiger partial charge in [0.05, 0.1) is 11.5 Å². The molecule has 0 radical (unpaired) electrons. The molecular formula is C12H19N3O2S. The second-order valence-corrected chi connectivity index (χ2v) is 6.92. The summed E-state index contributed by atoms with van der Waals surface area (Å²) >= 11 is 0. The number of pyridine rings is 1. The summed E-state index contributed by atoms with van der Waals surface area (Å²) in [5.41, 5.74) is 2.19. The van der Waals surface area contributed by atoms with Crippen LogP contribution in [0.2, 0.25) is 0 Å². The van der Waals surface area contributed by atoms with Crippen molar-refractivity contribution < 1.29 is 8.42 Å². The molecule has 18 heavy (non-hydrogen) atoms. The molecule has 1 aromatic rings. The lowest BCUT2D eigenvalue weighted by atomic mass is 10.1. The number of anilines is 1. The van der Waals surface area contributed by atoms with Crippen LogP contribution in [0.5, 0.6) is 0 Å². The van der Waals surface area contributed by atoms with Gasteiger partial charge in [0.25, 0.3) is 0 Å². The summed E-state index contributed by atoms with van der Waals surface area (Å²) in [6.45, 7) is 3.25. The number of nitrogens with zero attached hydrogens (tertiary/aromatic N) is 2. The minimum absolute atomic E-state index is 0.0155. The Hall–Kier alpha value is -1.14. The summed E-state index contributed by atoms with van der Waals surface area (Å²) in [6.07, 6.45) is 3.59. The molecule has 0 saturated carbocycles. The second kappa shape index (κ2) is 5.24. The first-order chi connectivity index (χ1) is 8.53. The molecule has 1 aromatic heterocycles. The number of sulfone groups is 1. The Bertz CT molecular complexity index is 516. The minimum atomic E-state index is -2.87. The molecule has 0 aliphatic carbocycles. The molecular weight excluding hydrogens is 250 g/mol. The second-order valence-electron chi connectivity index (χ2n) is 4.69. The van der Waals surface area contributed by atoms with E-state index < -0.39 is 9.84 Å². The molecule has 1 saturated heterocycles. The van der Waals surface area contributed by atoms with Crippen molar-refractivity contribution in [3.8, 4) is 0 Å². The highest BCUT2D eigenvalue weighted by Gasteiger charge is 2.29. The molecule has 0 aromatic carbocycles. The summed E-state index contributed by atoms with van der Waals surface area (Å²) in [4.78, 5) is 6.29. The van der Waals surface area contributed by atoms with Crippen LogP contribution in [0.25, 0.3) is 0 Å². The summed E-state index contributed by atoms with van der Waals surface area (Å²) in [5.74, 6) is 0.465. The predicted octanol–water partition coefficient (Wildman–Crippen LogP) is 0.424. The van der Waals surface area contributed by atoms with Gasteiger partial charge in [-0.15, -0.1) is 0 Å².